The Morgan fingerprint density at radius 3 is 1.67 bits per heavy atom. The molecule has 0 bridgehead atoms. The topological polar surface area (TPSA) is 103 Å². The molecule has 0 aliphatic carbocycles. The Hall–Kier alpha value is -0.880. The molecule has 1 rings (SSSR count). The van der Waals surface area contributed by atoms with Gasteiger partial charge < -0.3 is 25.7 Å². The predicted molar refractivity (Wildman–Crippen MR) is 55.7 cm³/mol. The summed E-state index contributed by atoms with van der Waals surface area (Å²) in [5.41, 5.74) is 0.419. The molecule has 0 aromatic rings. The van der Waals surface area contributed by atoms with Gasteiger partial charge in [-0.1, -0.05) is 0 Å². The maximum atomic E-state index is 9.56. The van der Waals surface area contributed by atoms with Gasteiger partial charge in [-0.15, -0.1) is 0 Å². The fraction of sp³-hybridized carbons (Fsp3) is 1.00. The van der Waals surface area contributed by atoms with E-state index in [2.05, 4.69) is 33.0 Å². The van der Waals surface area contributed by atoms with Gasteiger partial charge in [0.05, 0.1) is 22.3 Å². The maximum absolute atomic E-state index is 9.56. The van der Waals surface area contributed by atoms with Crippen molar-refractivity contribution >= 4 is 0 Å². The van der Waals surface area contributed by atoms with Gasteiger partial charge in [0.1, 0.15) is 0 Å². The number of aliphatic hydroxyl groups is 1. The standard InChI is InChI=1S/C9H19NO.NO3/c1-8(2)5-7(11)6-9(3,4)10-8;2-1(3)4/h7,10-11H,5-6H2,1-4H3;/q;-1/p+1. The van der Waals surface area contributed by atoms with Gasteiger partial charge in [-0.2, -0.15) is 0 Å². The van der Waals surface area contributed by atoms with Crippen molar-refractivity contribution in [3.8, 4) is 0 Å². The SMILES string of the molecule is CC1(C)CC(O)CC(C)(C)[NH2+]1.O=[N+]([O-])[O-]. The zero-order valence-electron chi connectivity index (χ0n) is 9.69. The molecular weight excluding hydrogens is 200 g/mol. The van der Waals surface area contributed by atoms with E-state index in [0.29, 0.717) is 0 Å². The number of nitrogens with two attached hydrogens (primary N) is 1. The van der Waals surface area contributed by atoms with Gasteiger partial charge in [-0.3, -0.25) is 0 Å². The lowest BCUT2D eigenvalue weighted by Gasteiger charge is -2.41. The summed E-state index contributed by atoms with van der Waals surface area (Å²) in [5.74, 6) is 0. The maximum Gasteiger partial charge on any atom is 0.0933 e. The van der Waals surface area contributed by atoms with Crippen LogP contribution in [0.2, 0.25) is 0 Å². The molecule has 6 heteroatoms. The highest BCUT2D eigenvalue weighted by molar-refractivity contribution is 4.83. The van der Waals surface area contributed by atoms with Crippen LogP contribution in [0.25, 0.3) is 0 Å². The normalized spacial score (nSPS) is 23.8. The van der Waals surface area contributed by atoms with Gasteiger partial charge in [-0.25, -0.2) is 0 Å². The molecule has 1 heterocycles. The highest BCUT2D eigenvalue weighted by Crippen LogP contribution is 2.20. The van der Waals surface area contributed by atoms with Crippen molar-refractivity contribution in [1.82, 2.24) is 0 Å². The molecule has 6 nitrogen and oxygen atoms in total. The number of piperidine rings is 1. The van der Waals surface area contributed by atoms with Gasteiger partial charge in [0.25, 0.3) is 0 Å². The Morgan fingerprint density at radius 2 is 1.47 bits per heavy atom. The Balaban J connectivity index is 0.000000423. The molecule has 0 atom stereocenters. The van der Waals surface area contributed by atoms with Gasteiger partial charge >= 0.3 is 0 Å². The molecule has 1 aliphatic heterocycles. The third-order valence-corrected chi connectivity index (χ3v) is 2.30. The lowest BCUT2D eigenvalue weighted by molar-refractivity contribution is -0.789. The van der Waals surface area contributed by atoms with Crippen LogP contribution < -0.4 is 5.32 Å². The van der Waals surface area contributed by atoms with Crippen LogP contribution in [0, 0.1) is 15.3 Å². The highest BCUT2D eigenvalue weighted by Gasteiger charge is 2.40. The van der Waals surface area contributed by atoms with Gasteiger partial charge in [0.2, 0.25) is 0 Å². The molecular formula is C9H20N2O4. The number of hydrogen-bond donors (Lipinski definition) is 2. The minimum absolute atomic E-state index is 0.106. The van der Waals surface area contributed by atoms with Crippen LogP contribution >= 0.6 is 0 Å². The van der Waals surface area contributed by atoms with Crippen LogP contribution in [-0.4, -0.2) is 27.4 Å². The Bertz CT molecular complexity index is 208. The molecule has 1 fully saturated rings. The summed E-state index contributed by atoms with van der Waals surface area (Å²) in [5, 5.41) is 26.7. The molecule has 0 amide bonds. The first-order valence-electron chi connectivity index (χ1n) is 4.91. The van der Waals surface area contributed by atoms with Crippen molar-refractivity contribution in [2.75, 3.05) is 0 Å². The molecule has 3 N–H and O–H groups in total. The molecule has 0 saturated carbocycles. The predicted octanol–water partition coefficient (Wildman–Crippen LogP) is 0.0226. The average Bonchev–Trinajstić information content (AvgIpc) is 1.73. The van der Waals surface area contributed by atoms with Gasteiger partial charge in [0.15, 0.2) is 0 Å². The van der Waals surface area contributed by atoms with Crippen molar-refractivity contribution in [1.29, 1.82) is 0 Å². The summed E-state index contributed by atoms with van der Waals surface area (Å²) < 4.78 is 0. The molecule has 1 saturated heterocycles. The molecule has 0 spiro atoms. The van der Waals surface area contributed by atoms with E-state index >= 15 is 0 Å². The van der Waals surface area contributed by atoms with Crippen LogP contribution in [0.1, 0.15) is 40.5 Å². The fourth-order valence-corrected chi connectivity index (χ4v) is 2.46. The fourth-order valence-electron chi connectivity index (χ4n) is 2.46. The third kappa shape index (κ3) is 7.10. The van der Waals surface area contributed by atoms with Crippen molar-refractivity contribution < 1.29 is 15.5 Å². The first kappa shape index (κ1) is 14.1. The second-order valence-electron chi connectivity index (χ2n) is 5.41. The summed E-state index contributed by atoms with van der Waals surface area (Å²) in [6.07, 6.45) is 1.72. The second-order valence-corrected chi connectivity index (χ2v) is 5.41. The highest BCUT2D eigenvalue weighted by atomic mass is 16.9. The molecule has 90 valence electrons. The third-order valence-electron chi connectivity index (χ3n) is 2.30. The van der Waals surface area contributed by atoms with Crippen LogP contribution in [0.4, 0.5) is 0 Å². The molecule has 0 radical (unpaired) electrons. The first-order valence-corrected chi connectivity index (χ1v) is 4.91. The first-order chi connectivity index (χ1) is 6.54. The Morgan fingerprint density at radius 1 is 1.20 bits per heavy atom. The lowest BCUT2D eigenvalue weighted by atomic mass is 9.81. The van der Waals surface area contributed by atoms with Crippen molar-refractivity contribution in [3.05, 3.63) is 15.3 Å². The Kier molecular flexibility index (Phi) is 4.48. The van der Waals surface area contributed by atoms with E-state index in [1.807, 2.05) is 0 Å². The van der Waals surface area contributed by atoms with Crippen molar-refractivity contribution in [2.45, 2.75) is 57.7 Å². The minimum Gasteiger partial charge on any atom is -0.393 e. The monoisotopic (exact) mass is 220 g/mol. The molecule has 0 unspecified atom stereocenters. The molecule has 15 heavy (non-hydrogen) atoms. The van der Waals surface area contributed by atoms with E-state index in [1.165, 1.54) is 0 Å². The van der Waals surface area contributed by atoms with Crippen LogP contribution in [0.15, 0.2) is 0 Å². The van der Waals surface area contributed by atoms with E-state index in [-0.39, 0.29) is 17.2 Å². The van der Waals surface area contributed by atoms with E-state index in [9.17, 15) is 5.11 Å². The van der Waals surface area contributed by atoms with Crippen LogP contribution in [0.3, 0.4) is 0 Å². The molecule has 0 aromatic heterocycles. The van der Waals surface area contributed by atoms with Gasteiger partial charge in [0, 0.05) is 12.8 Å². The minimum atomic E-state index is -1.75. The number of hydrogen-bond acceptors (Lipinski definition) is 4. The Labute approximate surface area is 89.4 Å². The summed E-state index contributed by atoms with van der Waals surface area (Å²) in [4.78, 5) is 8.25. The number of aliphatic hydroxyl groups excluding tert-OH is 1. The van der Waals surface area contributed by atoms with Crippen molar-refractivity contribution in [2.24, 2.45) is 0 Å². The summed E-state index contributed by atoms with van der Waals surface area (Å²) in [6.45, 7) is 8.77. The summed E-state index contributed by atoms with van der Waals surface area (Å²) in [6, 6.07) is 0. The second kappa shape index (κ2) is 4.76. The van der Waals surface area contributed by atoms with Gasteiger partial charge in [-0.05, 0) is 27.7 Å². The van der Waals surface area contributed by atoms with E-state index in [4.69, 9.17) is 15.3 Å². The number of quaternary nitrogens is 1. The smallest absolute Gasteiger partial charge is 0.0933 e. The van der Waals surface area contributed by atoms with E-state index in [0.717, 1.165) is 12.8 Å². The van der Waals surface area contributed by atoms with E-state index < -0.39 is 5.09 Å². The zero-order valence-corrected chi connectivity index (χ0v) is 9.69. The van der Waals surface area contributed by atoms with Crippen LogP contribution in [0.5, 0.6) is 0 Å². The summed E-state index contributed by atoms with van der Waals surface area (Å²) in [7, 11) is 0. The molecule has 0 aromatic carbocycles. The number of rotatable bonds is 0. The zero-order chi connectivity index (χ0) is 12.3. The van der Waals surface area contributed by atoms with E-state index in [1.54, 1.807) is 0 Å². The lowest BCUT2D eigenvalue weighted by Crippen LogP contribution is -3.05. The van der Waals surface area contributed by atoms with Crippen LogP contribution in [-0.2, 0) is 0 Å². The quantitative estimate of drug-likeness (QED) is 0.443. The summed E-state index contributed by atoms with van der Waals surface area (Å²) >= 11 is 0. The molecule has 1 aliphatic rings. The van der Waals surface area contributed by atoms with Crippen molar-refractivity contribution in [3.63, 3.8) is 0 Å². The average molecular weight is 220 g/mol. The largest absolute Gasteiger partial charge is 0.393 e. The number of nitrogens with zero attached hydrogens (tertiary/aromatic N) is 1.